The van der Waals surface area contributed by atoms with Crippen molar-refractivity contribution in [2.24, 2.45) is 0 Å². The van der Waals surface area contributed by atoms with Crippen LogP contribution in [0.15, 0.2) is 23.4 Å². The van der Waals surface area contributed by atoms with Crippen LogP contribution in [0, 0.1) is 0 Å². The van der Waals surface area contributed by atoms with Gasteiger partial charge >= 0.3 is 0 Å². The van der Waals surface area contributed by atoms with E-state index in [0.29, 0.717) is 12.3 Å². The molecule has 0 radical (unpaired) electrons. The number of nitrogens with two attached hydrogens (primary N) is 1. The van der Waals surface area contributed by atoms with Crippen LogP contribution in [0.5, 0.6) is 0 Å². The van der Waals surface area contributed by atoms with Crippen LogP contribution in [0.3, 0.4) is 0 Å². The second kappa shape index (κ2) is 5.06. The number of anilines is 1. The van der Waals surface area contributed by atoms with E-state index in [4.69, 9.17) is 10.5 Å². The number of hydrogen-bond donors (Lipinski definition) is 2. The van der Waals surface area contributed by atoms with E-state index in [-0.39, 0.29) is 11.4 Å². The number of rotatable bonds is 5. The molecule has 0 aliphatic carbocycles. The molecule has 0 spiro atoms. The summed E-state index contributed by atoms with van der Waals surface area (Å²) < 4.78 is 30.3. The minimum atomic E-state index is -3.53. The van der Waals surface area contributed by atoms with E-state index in [9.17, 15) is 8.42 Å². The van der Waals surface area contributed by atoms with Crippen LogP contribution in [0.1, 0.15) is 0 Å². The summed E-state index contributed by atoms with van der Waals surface area (Å²) in [6.45, 7) is 0.530. The lowest BCUT2D eigenvalue weighted by molar-refractivity contribution is 0.204. The molecular weight excluding hydrogens is 218 g/mol. The molecular formula is C8H13N3O3S. The molecule has 0 fully saturated rings. The van der Waals surface area contributed by atoms with Gasteiger partial charge in [-0.25, -0.2) is 13.1 Å². The van der Waals surface area contributed by atoms with Crippen LogP contribution in [0.2, 0.25) is 0 Å². The zero-order valence-electron chi connectivity index (χ0n) is 8.30. The number of sulfonamides is 1. The lowest BCUT2D eigenvalue weighted by Crippen LogP contribution is -2.27. The normalized spacial score (nSPS) is 11.5. The average Bonchev–Trinajstić information content (AvgIpc) is 2.18. The first-order valence-electron chi connectivity index (χ1n) is 4.25. The minimum Gasteiger partial charge on any atom is -0.397 e. The van der Waals surface area contributed by atoms with Crippen LogP contribution in [-0.2, 0) is 14.8 Å². The van der Waals surface area contributed by atoms with E-state index >= 15 is 0 Å². The van der Waals surface area contributed by atoms with Gasteiger partial charge in [0.1, 0.15) is 4.90 Å². The van der Waals surface area contributed by atoms with Crippen molar-refractivity contribution in [3.05, 3.63) is 18.5 Å². The average molecular weight is 231 g/mol. The van der Waals surface area contributed by atoms with Crippen molar-refractivity contribution in [3.63, 3.8) is 0 Å². The van der Waals surface area contributed by atoms with Crippen LogP contribution in [-0.4, -0.2) is 33.7 Å². The Kier molecular flexibility index (Phi) is 4.01. The van der Waals surface area contributed by atoms with Gasteiger partial charge in [-0.3, -0.25) is 4.98 Å². The highest BCUT2D eigenvalue weighted by Gasteiger charge is 2.13. The third-order valence-corrected chi connectivity index (χ3v) is 3.07. The summed E-state index contributed by atoms with van der Waals surface area (Å²) in [5.74, 6) is 0. The second-order valence-corrected chi connectivity index (χ2v) is 4.61. The maximum Gasteiger partial charge on any atom is 0.242 e. The fraction of sp³-hybridized carbons (Fsp3) is 0.375. The summed E-state index contributed by atoms with van der Waals surface area (Å²) in [5, 5.41) is 0. The largest absolute Gasteiger partial charge is 0.397 e. The molecule has 15 heavy (non-hydrogen) atoms. The van der Waals surface area contributed by atoms with Gasteiger partial charge < -0.3 is 10.5 Å². The van der Waals surface area contributed by atoms with Gasteiger partial charge in [-0.1, -0.05) is 0 Å². The molecule has 6 nitrogen and oxygen atoms in total. The lowest BCUT2D eigenvalue weighted by atomic mass is 10.4. The molecule has 1 aromatic heterocycles. The molecule has 7 heteroatoms. The highest BCUT2D eigenvalue weighted by atomic mass is 32.2. The Morgan fingerprint density at radius 1 is 1.53 bits per heavy atom. The summed E-state index contributed by atoms with van der Waals surface area (Å²) in [6.07, 6.45) is 2.62. The second-order valence-electron chi connectivity index (χ2n) is 2.84. The third kappa shape index (κ3) is 3.46. The van der Waals surface area contributed by atoms with Crippen LogP contribution < -0.4 is 10.5 Å². The minimum absolute atomic E-state index is 0.0543. The standard InChI is InChI=1S/C8H13N3O3S/c1-14-3-2-11-15(12,13)8-4-7(9)5-10-6-8/h4-6,11H,2-3,9H2,1H3. The number of pyridine rings is 1. The van der Waals surface area contributed by atoms with Gasteiger partial charge in [-0.05, 0) is 6.07 Å². The Morgan fingerprint density at radius 2 is 2.27 bits per heavy atom. The highest BCUT2D eigenvalue weighted by molar-refractivity contribution is 7.89. The molecule has 0 bridgehead atoms. The fourth-order valence-corrected chi connectivity index (χ4v) is 1.95. The molecule has 84 valence electrons. The van der Waals surface area contributed by atoms with Crippen LogP contribution in [0.25, 0.3) is 0 Å². The lowest BCUT2D eigenvalue weighted by Gasteiger charge is -2.05. The third-order valence-electron chi connectivity index (χ3n) is 1.64. The Morgan fingerprint density at radius 3 is 2.87 bits per heavy atom. The van der Waals surface area contributed by atoms with Gasteiger partial charge in [0.25, 0.3) is 0 Å². The zero-order valence-corrected chi connectivity index (χ0v) is 9.12. The Hall–Kier alpha value is -1.18. The van der Waals surface area contributed by atoms with Crippen molar-refractivity contribution < 1.29 is 13.2 Å². The quantitative estimate of drug-likeness (QED) is 0.672. The first kappa shape index (κ1) is 11.9. The van der Waals surface area contributed by atoms with Gasteiger partial charge in [-0.15, -0.1) is 0 Å². The molecule has 3 N–H and O–H groups in total. The molecule has 0 atom stereocenters. The van der Waals surface area contributed by atoms with Crippen molar-refractivity contribution in [2.75, 3.05) is 26.0 Å². The van der Waals surface area contributed by atoms with E-state index in [1.807, 2.05) is 0 Å². The maximum absolute atomic E-state index is 11.6. The predicted molar refractivity (Wildman–Crippen MR) is 55.7 cm³/mol. The summed E-state index contributed by atoms with van der Waals surface area (Å²) >= 11 is 0. The highest BCUT2D eigenvalue weighted by Crippen LogP contribution is 2.09. The van der Waals surface area contributed by atoms with Crippen molar-refractivity contribution in [2.45, 2.75) is 4.90 Å². The molecule has 0 unspecified atom stereocenters. The molecule has 0 aliphatic rings. The molecule has 1 aromatic rings. The first-order valence-corrected chi connectivity index (χ1v) is 5.73. The van der Waals surface area contributed by atoms with E-state index in [2.05, 4.69) is 9.71 Å². The topological polar surface area (TPSA) is 94.3 Å². The van der Waals surface area contributed by atoms with Gasteiger partial charge in [0.05, 0.1) is 12.3 Å². The molecule has 0 aromatic carbocycles. The number of nitrogens with zero attached hydrogens (tertiary/aromatic N) is 1. The van der Waals surface area contributed by atoms with Crippen molar-refractivity contribution >= 4 is 15.7 Å². The molecule has 1 rings (SSSR count). The van der Waals surface area contributed by atoms with Gasteiger partial charge in [0.2, 0.25) is 10.0 Å². The Labute approximate surface area is 88.5 Å². The van der Waals surface area contributed by atoms with Crippen LogP contribution in [0.4, 0.5) is 5.69 Å². The first-order chi connectivity index (χ1) is 7.06. The van der Waals surface area contributed by atoms with E-state index in [1.165, 1.54) is 25.6 Å². The Bertz CT molecular complexity index is 419. The van der Waals surface area contributed by atoms with Gasteiger partial charge in [-0.2, -0.15) is 0 Å². The predicted octanol–water partition coefficient (Wildman–Crippen LogP) is -0.412. The zero-order chi connectivity index (χ0) is 11.3. The monoisotopic (exact) mass is 231 g/mol. The molecule has 1 heterocycles. The summed E-state index contributed by atoms with van der Waals surface area (Å²) in [7, 11) is -2.03. The molecule has 0 aliphatic heterocycles. The van der Waals surface area contributed by atoms with Crippen molar-refractivity contribution in [1.29, 1.82) is 0 Å². The van der Waals surface area contributed by atoms with Crippen molar-refractivity contribution in [3.8, 4) is 0 Å². The smallest absolute Gasteiger partial charge is 0.242 e. The number of nitrogens with one attached hydrogen (secondary N) is 1. The number of ether oxygens (including phenoxy) is 1. The van der Waals surface area contributed by atoms with Crippen molar-refractivity contribution in [1.82, 2.24) is 9.71 Å². The van der Waals surface area contributed by atoms with E-state index in [1.54, 1.807) is 0 Å². The number of aromatic nitrogens is 1. The SMILES string of the molecule is COCCNS(=O)(=O)c1cncc(N)c1. The van der Waals surface area contributed by atoms with Gasteiger partial charge in [0.15, 0.2) is 0 Å². The number of methoxy groups -OCH3 is 1. The molecule has 0 amide bonds. The number of hydrogen-bond acceptors (Lipinski definition) is 5. The summed E-state index contributed by atoms with van der Waals surface area (Å²) in [6, 6.07) is 1.35. The number of nitrogen functional groups attached to an aromatic ring is 1. The van der Waals surface area contributed by atoms with E-state index < -0.39 is 10.0 Å². The molecule has 0 saturated carbocycles. The fourth-order valence-electron chi connectivity index (χ4n) is 0.944. The van der Waals surface area contributed by atoms with Gasteiger partial charge in [0, 0.05) is 26.0 Å². The van der Waals surface area contributed by atoms with Crippen LogP contribution >= 0.6 is 0 Å². The Balaban J connectivity index is 2.77. The van der Waals surface area contributed by atoms with E-state index in [0.717, 1.165) is 0 Å². The maximum atomic E-state index is 11.6. The summed E-state index contributed by atoms with van der Waals surface area (Å²) in [5.41, 5.74) is 5.74. The summed E-state index contributed by atoms with van der Waals surface area (Å²) in [4.78, 5) is 3.76. The molecule has 0 saturated heterocycles.